The summed E-state index contributed by atoms with van der Waals surface area (Å²) in [5.41, 5.74) is 1.33. The average molecular weight is 351 g/mol. The highest BCUT2D eigenvalue weighted by atomic mass is 16.5. The number of hydrogen-bond acceptors (Lipinski definition) is 5. The molecule has 0 N–H and O–H groups in total. The molecule has 0 aliphatic carbocycles. The van der Waals surface area contributed by atoms with Gasteiger partial charge in [-0.1, -0.05) is 32.0 Å². The summed E-state index contributed by atoms with van der Waals surface area (Å²) in [7, 11) is 0. The van der Waals surface area contributed by atoms with Gasteiger partial charge in [0.15, 0.2) is 0 Å². The third kappa shape index (κ3) is 3.12. The molecule has 0 radical (unpaired) electrons. The highest BCUT2D eigenvalue weighted by Crippen LogP contribution is 2.21. The van der Waals surface area contributed by atoms with Gasteiger partial charge in [-0.2, -0.15) is 10.1 Å². The van der Waals surface area contributed by atoms with Crippen LogP contribution in [0.5, 0.6) is 5.75 Å². The Kier molecular flexibility index (Phi) is 4.28. The van der Waals surface area contributed by atoms with E-state index in [0.29, 0.717) is 24.6 Å². The summed E-state index contributed by atoms with van der Waals surface area (Å²) in [4.78, 5) is 23.3. The number of fused-ring (bicyclic) bond motifs is 1. The highest BCUT2D eigenvalue weighted by Gasteiger charge is 2.29. The van der Waals surface area contributed by atoms with E-state index in [1.807, 2.05) is 36.4 Å². The predicted octanol–water partition coefficient (Wildman–Crippen LogP) is 2.54. The molecule has 1 atom stereocenters. The maximum atomic E-state index is 12.9. The van der Waals surface area contributed by atoms with Crippen molar-refractivity contribution in [3.63, 3.8) is 0 Å². The molecule has 4 rings (SSSR count). The average Bonchev–Trinajstić information content (AvgIpc) is 3.30. The molecule has 0 bridgehead atoms. The van der Waals surface area contributed by atoms with Gasteiger partial charge in [-0.05, 0) is 24.1 Å². The molecule has 0 spiro atoms. The number of rotatable bonds is 4. The van der Waals surface area contributed by atoms with Crippen molar-refractivity contribution in [2.45, 2.75) is 32.3 Å². The second-order valence-corrected chi connectivity index (χ2v) is 6.79. The fraction of sp³-hybridized carbons (Fsp3) is 0.368. The van der Waals surface area contributed by atoms with Gasteiger partial charge in [-0.3, -0.25) is 4.79 Å². The van der Waals surface area contributed by atoms with Crippen molar-refractivity contribution < 1.29 is 9.53 Å². The molecule has 3 aromatic rings. The molecular formula is C19H21N5O2. The topological polar surface area (TPSA) is 72.6 Å². The van der Waals surface area contributed by atoms with E-state index in [2.05, 4.69) is 28.9 Å². The molecule has 1 aliphatic heterocycles. The van der Waals surface area contributed by atoms with Gasteiger partial charge in [0.25, 0.3) is 11.7 Å². The second-order valence-electron chi connectivity index (χ2n) is 6.79. The van der Waals surface area contributed by atoms with Crippen LogP contribution in [0, 0.1) is 0 Å². The zero-order chi connectivity index (χ0) is 18.1. The summed E-state index contributed by atoms with van der Waals surface area (Å²) >= 11 is 0. The Morgan fingerprint density at radius 3 is 2.85 bits per heavy atom. The molecule has 26 heavy (non-hydrogen) atoms. The Bertz CT molecular complexity index is 922. The zero-order valence-corrected chi connectivity index (χ0v) is 14.9. The van der Waals surface area contributed by atoms with Crippen LogP contribution >= 0.6 is 0 Å². The number of aromatic nitrogens is 4. The standard InChI is InChI=1S/C19H21N5O2/c1-13(2)17-10-16(22-19-20-12-21-24(17)19)18(25)23-9-8-15(11-23)26-14-6-4-3-5-7-14/h3-7,10,12-13,15H,8-9,11H2,1-2H3. The van der Waals surface area contributed by atoms with Gasteiger partial charge in [0.05, 0.1) is 12.2 Å². The van der Waals surface area contributed by atoms with E-state index in [1.54, 1.807) is 9.42 Å². The minimum Gasteiger partial charge on any atom is -0.489 e. The Labute approximate surface area is 151 Å². The van der Waals surface area contributed by atoms with Gasteiger partial charge in [-0.15, -0.1) is 0 Å². The normalized spacial score (nSPS) is 17.2. The molecule has 1 aromatic carbocycles. The van der Waals surface area contributed by atoms with Crippen LogP contribution in [-0.2, 0) is 0 Å². The Morgan fingerprint density at radius 1 is 1.27 bits per heavy atom. The number of para-hydroxylation sites is 1. The van der Waals surface area contributed by atoms with Crippen molar-refractivity contribution in [2.24, 2.45) is 0 Å². The summed E-state index contributed by atoms with van der Waals surface area (Å²) < 4.78 is 7.66. The maximum absolute atomic E-state index is 12.9. The molecule has 1 aliphatic rings. The SMILES string of the molecule is CC(C)c1cc(C(=O)N2CCC(Oc3ccccc3)C2)nc2ncnn12. The Morgan fingerprint density at radius 2 is 2.08 bits per heavy atom. The Hall–Kier alpha value is -2.96. The first-order valence-electron chi connectivity index (χ1n) is 8.83. The second kappa shape index (κ2) is 6.74. The van der Waals surface area contributed by atoms with E-state index in [4.69, 9.17) is 4.74 Å². The number of likely N-dealkylation sites (tertiary alicyclic amines) is 1. The number of ether oxygens (including phenoxy) is 1. The largest absolute Gasteiger partial charge is 0.489 e. The summed E-state index contributed by atoms with van der Waals surface area (Å²) in [6.45, 7) is 5.34. The molecule has 7 heteroatoms. The lowest BCUT2D eigenvalue weighted by Crippen LogP contribution is -2.32. The summed E-state index contributed by atoms with van der Waals surface area (Å²) in [5, 5.41) is 4.19. The monoisotopic (exact) mass is 351 g/mol. The van der Waals surface area contributed by atoms with Crippen LogP contribution in [0.25, 0.3) is 5.78 Å². The number of benzene rings is 1. The zero-order valence-electron chi connectivity index (χ0n) is 14.9. The number of carbonyl (C=O) groups is 1. The van der Waals surface area contributed by atoms with Gasteiger partial charge >= 0.3 is 0 Å². The van der Waals surface area contributed by atoms with Crippen molar-refractivity contribution in [2.75, 3.05) is 13.1 Å². The van der Waals surface area contributed by atoms with Gasteiger partial charge < -0.3 is 9.64 Å². The predicted molar refractivity (Wildman–Crippen MR) is 96.2 cm³/mol. The molecule has 1 unspecified atom stereocenters. The maximum Gasteiger partial charge on any atom is 0.272 e. The number of nitrogens with zero attached hydrogens (tertiary/aromatic N) is 5. The smallest absolute Gasteiger partial charge is 0.272 e. The molecule has 1 amide bonds. The molecule has 2 aromatic heterocycles. The lowest BCUT2D eigenvalue weighted by Gasteiger charge is -2.18. The molecule has 3 heterocycles. The van der Waals surface area contributed by atoms with Crippen molar-refractivity contribution in [3.05, 3.63) is 54.1 Å². The minimum atomic E-state index is -0.0865. The molecule has 1 saturated heterocycles. The van der Waals surface area contributed by atoms with Crippen LogP contribution in [-0.4, -0.2) is 49.6 Å². The number of carbonyl (C=O) groups excluding carboxylic acids is 1. The van der Waals surface area contributed by atoms with Crippen molar-refractivity contribution in [1.29, 1.82) is 0 Å². The van der Waals surface area contributed by atoms with Crippen LogP contribution in [0.2, 0.25) is 0 Å². The lowest BCUT2D eigenvalue weighted by atomic mass is 10.1. The first-order chi connectivity index (χ1) is 12.6. The van der Waals surface area contributed by atoms with Gasteiger partial charge in [0, 0.05) is 13.0 Å². The summed E-state index contributed by atoms with van der Waals surface area (Å²) in [6, 6.07) is 11.5. The highest BCUT2D eigenvalue weighted by molar-refractivity contribution is 5.93. The van der Waals surface area contributed by atoms with Gasteiger partial charge in [-0.25, -0.2) is 9.50 Å². The molecule has 7 nitrogen and oxygen atoms in total. The molecule has 0 saturated carbocycles. The van der Waals surface area contributed by atoms with Crippen molar-refractivity contribution >= 4 is 11.7 Å². The van der Waals surface area contributed by atoms with E-state index < -0.39 is 0 Å². The lowest BCUT2D eigenvalue weighted by molar-refractivity contribution is 0.0766. The Balaban J connectivity index is 1.52. The van der Waals surface area contributed by atoms with E-state index in [9.17, 15) is 4.79 Å². The van der Waals surface area contributed by atoms with Crippen molar-refractivity contribution in [3.8, 4) is 5.75 Å². The number of amides is 1. The molecular weight excluding hydrogens is 330 g/mol. The minimum absolute atomic E-state index is 0.00254. The fourth-order valence-electron chi connectivity index (χ4n) is 3.22. The van der Waals surface area contributed by atoms with Gasteiger partial charge in [0.1, 0.15) is 23.9 Å². The first-order valence-corrected chi connectivity index (χ1v) is 8.83. The first kappa shape index (κ1) is 16.5. The van der Waals surface area contributed by atoms with Crippen molar-refractivity contribution in [1.82, 2.24) is 24.5 Å². The van der Waals surface area contributed by atoms with Crippen LogP contribution in [0.3, 0.4) is 0 Å². The third-order valence-electron chi connectivity index (χ3n) is 4.57. The summed E-state index contributed by atoms with van der Waals surface area (Å²) in [5.74, 6) is 1.41. The number of hydrogen-bond donors (Lipinski definition) is 0. The van der Waals surface area contributed by atoms with E-state index >= 15 is 0 Å². The molecule has 134 valence electrons. The van der Waals surface area contributed by atoms with E-state index in [1.165, 1.54) is 6.33 Å². The quantitative estimate of drug-likeness (QED) is 0.722. The van der Waals surface area contributed by atoms with Gasteiger partial charge in [0.2, 0.25) is 0 Å². The van der Waals surface area contributed by atoms with Crippen LogP contribution in [0.4, 0.5) is 0 Å². The fourth-order valence-corrected chi connectivity index (χ4v) is 3.22. The van der Waals surface area contributed by atoms with Crippen LogP contribution in [0.1, 0.15) is 42.4 Å². The van der Waals surface area contributed by atoms with Crippen LogP contribution < -0.4 is 4.74 Å². The summed E-state index contributed by atoms with van der Waals surface area (Å²) in [6.07, 6.45) is 2.27. The van der Waals surface area contributed by atoms with Crippen LogP contribution in [0.15, 0.2) is 42.7 Å². The van der Waals surface area contributed by atoms with E-state index in [0.717, 1.165) is 17.9 Å². The molecule has 1 fully saturated rings. The van der Waals surface area contributed by atoms with E-state index in [-0.39, 0.29) is 17.9 Å². The third-order valence-corrected chi connectivity index (χ3v) is 4.57.